The van der Waals surface area contributed by atoms with Crippen LogP contribution < -0.4 is 0 Å². The van der Waals surface area contributed by atoms with Gasteiger partial charge in [0.15, 0.2) is 0 Å². The van der Waals surface area contributed by atoms with Gasteiger partial charge in [-0.3, -0.25) is 0 Å². The van der Waals surface area contributed by atoms with Gasteiger partial charge in [0.2, 0.25) is 0 Å². The fourth-order valence-electron chi connectivity index (χ4n) is 2.89. The molecule has 0 atom stereocenters. The smallest absolute Gasteiger partial charge is 0.0562 e. The Morgan fingerprint density at radius 1 is 0.750 bits per heavy atom. The van der Waals surface area contributed by atoms with Crippen LogP contribution in [0.15, 0.2) is 48.5 Å². The summed E-state index contributed by atoms with van der Waals surface area (Å²) < 4.78 is 0. The Balaban J connectivity index is 2.46. The molecular formula is C19H19Cl. The second kappa shape index (κ2) is 4.79. The predicted octanol–water partition coefficient (Wildman–Crippen LogP) is 6.24. The van der Waals surface area contributed by atoms with Gasteiger partial charge >= 0.3 is 0 Å². The molecule has 0 N–H and O–H groups in total. The van der Waals surface area contributed by atoms with Gasteiger partial charge in [-0.2, -0.15) is 0 Å². The summed E-state index contributed by atoms with van der Waals surface area (Å²) in [6.45, 7) is 6.85. The molecule has 0 radical (unpaired) electrons. The van der Waals surface area contributed by atoms with Crippen molar-refractivity contribution in [1.82, 2.24) is 0 Å². The second-order valence-corrected chi connectivity index (χ2v) is 7.00. The van der Waals surface area contributed by atoms with E-state index in [0.29, 0.717) is 0 Å². The van der Waals surface area contributed by atoms with Crippen molar-refractivity contribution in [3.63, 3.8) is 0 Å². The fraction of sp³-hybridized carbons (Fsp3) is 0.263. The molecule has 0 aliphatic rings. The molecule has 0 unspecified atom stereocenters. The first-order valence-electron chi connectivity index (χ1n) is 7.05. The van der Waals surface area contributed by atoms with Crippen molar-refractivity contribution in [2.45, 2.75) is 27.2 Å². The average Bonchev–Trinajstić information content (AvgIpc) is 2.42. The van der Waals surface area contributed by atoms with Crippen molar-refractivity contribution < 1.29 is 0 Å². The third-order valence-electron chi connectivity index (χ3n) is 3.68. The fourth-order valence-corrected chi connectivity index (χ4v) is 3.22. The van der Waals surface area contributed by atoms with Crippen LogP contribution in [0.2, 0.25) is 5.02 Å². The first kappa shape index (κ1) is 13.5. The monoisotopic (exact) mass is 282 g/mol. The third kappa shape index (κ3) is 2.29. The number of rotatable bonds is 1. The Morgan fingerprint density at radius 3 is 1.55 bits per heavy atom. The molecule has 0 heterocycles. The zero-order valence-electron chi connectivity index (χ0n) is 12.2. The number of halogens is 1. The van der Waals surface area contributed by atoms with Gasteiger partial charge in [-0.05, 0) is 28.2 Å². The van der Waals surface area contributed by atoms with Gasteiger partial charge in [0.1, 0.15) is 0 Å². The van der Waals surface area contributed by atoms with Crippen molar-refractivity contribution in [2.75, 3.05) is 0 Å². The molecule has 3 aromatic rings. The zero-order chi connectivity index (χ0) is 14.3. The number of benzene rings is 3. The van der Waals surface area contributed by atoms with Gasteiger partial charge in [0.25, 0.3) is 0 Å². The molecular weight excluding hydrogens is 264 g/mol. The normalized spacial score (nSPS) is 12.2. The summed E-state index contributed by atoms with van der Waals surface area (Å²) in [4.78, 5) is 0. The van der Waals surface area contributed by atoms with Gasteiger partial charge in [-0.1, -0.05) is 80.9 Å². The topological polar surface area (TPSA) is 0 Å². The predicted molar refractivity (Wildman–Crippen MR) is 89.6 cm³/mol. The van der Waals surface area contributed by atoms with Crippen molar-refractivity contribution in [2.24, 2.45) is 5.41 Å². The Kier molecular flexibility index (Phi) is 3.22. The molecule has 0 saturated heterocycles. The molecule has 3 aromatic carbocycles. The van der Waals surface area contributed by atoms with Crippen LogP contribution in [0.3, 0.4) is 0 Å². The van der Waals surface area contributed by atoms with E-state index in [0.717, 1.165) is 22.2 Å². The van der Waals surface area contributed by atoms with E-state index in [4.69, 9.17) is 11.6 Å². The van der Waals surface area contributed by atoms with Gasteiger partial charge < -0.3 is 0 Å². The van der Waals surface area contributed by atoms with Gasteiger partial charge in [-0.15, -0.1) is 0 Å². The van der Waals surface area contributed by atoms with E-state index < -0.39 is 0 Å². The van der Waals surface area contributed by atoms with E-state index in [1.807, 2.05) is 0 Å². The standard InChI is InChI=1S/C19H19Cl/c1-19(2,3)12-17-13-8-4-6-10-15(13)18(20)16-11-7-5-9-14(16)17/h4-11H,12H2,1-3H3. The van der Waals surface area contributed by atoms with Crippen molar-refractivity contribution in [1.29, 1.82) is 0 Å². The van der Waals surface area contributed by atoms with Gasteiger partial charge in [0, 0.05) is 10.8 Å². The van der Waals surface area contributed by atoms with Gasteiger partial charge in [0.05, 0.1) is 5.02 Å². The number of fused-ring (bicyclic) bond motifs is 2. The average molecular weight is 283 g/mol. The Morgan fingerprint density at radius 2 is 1.15 bits per heavy atom. The lowest BCUT2D eigenvalue weighted by Crippen LogP contribution is -2.10. The zero-order valence-corrected chi connectivity index (χ0v) is 13.0. The second-order valence-electron chi connectivity index (χ2n) is 6.62. The molecule has 1 heteroatoms. The molecule has 0 aromatic heterocycles. The van der Waals surface area contributed by atoms with Crippen LogP contribution in [0.25, 0.3) is 21.5 Å². The van der Waals surface area contributed by atoms with E-state index in [-0.39, 0.29) is 5.41 Å². The van der Waals surface area contributed by atoms with Gasteiger partial charge in [-0.25, -0.2) is 0 Å². The largest absolute Gasteiger partial charge is 0.0830 e. The SMILES string of the molecule is CC(C)(C)Cc1c2ccccc2c(Cl)c2ccccc12. The highest BCUT2D eigenvalue weighted by Gasteiger charge is 2.17. The third-order valence-corrected chi connectivity index (χ3v) is 4.09. The quantitative estimate of drug-likeness (QED) is 0.464. The van der Waals surface area contributed by atoms with E-state index >= 15 is 0 Å². The highest BCUT2D eigenvalue weighted by atomic mass is 35.5. The molecule has 0 saturated carbocycles. The van der Waals surface area contributed by atoms with Crippen LogP contribution in [0.5, 0.6) is 0 Å². The maximum Gasteiger partial charge on any atom is 0.0562 e. The summed E-state index contributed by atoms with van der Waals surface area (Å²) in [6, 6.07) is 16.9. The molecule has 102 valence electrons. The molecule has 0 fully saturated rings. The van der Waals surface area contributed by atoms with Crippen LogP contribution in [0, 0.1) is 5.41 Å². The minimum Gasteiger partial charge on any atom is -0.0830 e. The highest BCUT2D eigenvalue weighted by molar-refractivity contribution is 6.41. The lowest BCUT2D eigenvalue weighted by atomic mass is 9.83. The van der Waals surface area contributed by atoms with Crippen LogP contribution in [0.1, 0.15) is 26.3 Å². The Hall–Kier alpha value is -1.53. The van der Waals surface area contributed by atoms with Crippen LogP contribution in [0.4, 0.5) is 0 Å². The summed E-state index contributed by atoms with van der Waals surface area (Å²) in [5, 5.41) is 5.75. The van der Waals surface area contributed by atoms with E-state index in [9.17, 15) is 0 Å². The lowest BCUT2D eigenvalue weighted by molar-refractivity contribution is 0.414. The maximum absolute atomic E-state index is 6.62. The highest BCUT2D eigenvalue weighted by Crippen LogP contribution is 2.38. The van der Waals surface area contributed by atoms with Crippen molar-refractivity contribution >= 4 is 33.1 Å². The first-order chi connectivity index (χ1) is 9.47. The van der Waals surface area contributed by atoms with Crippen LogP contribution in [-0.2, 0) is 6.42 Å². The molecule has 0 nitrogen and oxygen atoms in total. The lowest BCUT2D eigenvalue weighted by Gasteiger charge is -2.22. The summed E-state index contributed by atoms with van der Waals surface area (Å²) in [7, 11) is 0. The maximum atomic E-state index is 6.62. The number of hydrogen-bond donors (Lipinski definition) is 0. The van der Waals surface area contributed by atoms with Crippen molar-refractivity contribution in [3.8, 4) is 0 Å². The Labute approximate surface area is 125 Å². The minimum absolute atomic E-state index is 0.249. The molecule has 0 spiro atoms. The van der Waals surface area contributed by atoms with Crippen LogP contribution >= 0.6 is 11.6 Å². The Bertz CT molecular complexity index is 722. The minimum atomic E-state index is 0.249. The van der Waals surface area contributed by atoms with Crippen LogP contribution in [-0.4, -0.2) is 0 Å². The van der Waals surface area contributed by atoms with E-state index in [1.54, 1.807) is 0 Å². The molecule has 0 bridgehead atoms. The van der Waals surface area contributed by atoms with Crippen molar-refractivity contribution in [3.05, 3.63) is 59.1 Å². The molecule has 20 heavy (non-hydrogen) atoms. The van der Waals surface area contributed by atoms with E-state index in [2.05, 4.69) is 69.3 Å². The summed E-state index contributed by atoms with van der Waals surface area (Å²) in [6.07, 6.45) is 1.05. The van der Waals surface area contributed by atoms with E-state index in [1.165, 1.54) is 16.3 Å². The summed E-state index contributed by atoms with van der Waals surface area (Å²) in [5.41, 5.74) is 1.66. The number of hydrogen-bond acceptors (Lipinski definition) is 0. The molecule has 0 aliphatic carbocycles. The molecule has 0 aliphatic heterocycles. The summed E-state index contributed by atoms with van der Waals surface area (Å²) >= 11 is 6.62. The summed E-state index contributed by atoms with van der Waals surface area (Å²) in [5.74, 6) is 0. The molecule has 0 amide bonds. The first-order valence-corrected chi connectivity index (χ1v) is 7.43. The molecule has 3 rings (SSSR count).